The average molecular weight is 349 g/mol. The first-order valence-corrected chi connectivity index (χ1v) is 8.38. The standard InChI is InChI=1S/C18H24FN3O3/c1-11(2)17(24)18(25)22-9-14(19)6-15(10-22)21-8-12-3-4-16(23)13(5-12)7-20/h3-5,11,14-15,17,21,23-24H,6,8-10H2,1-2H3/t14-,15-,17?/m1/s1. The summed E-state index contributed by atoms with van der Waals surface area (Å²) in [5.74, 6) is -0.743. The van der Waals surface area contributed by atoms with Crippen LogP contribution in [0.1, 0.15) is 31.4 Å². The highest BCUT2D eigenvalue weighted by atomic mass is 19.1. The number of piperidine rings is 1. The van der Waals surface area contributed by atoms with E-state index in [1.807, 2.05) is 6.07 Å². The molecule has 0 spiro atoms. The number of nitrogens with one attached hydrogen (secondary N) is 1. The maximum absolute atomic E-state index is 14.0. The quantitative estimate of drug-likeness (QED) is 0.745. The Morgan fingerprint density at radius 3 is 2.84 bits per heavy atom. The van der Waals surface area contributed by atoms with Crippen molar-refractivity contribution in [3.8, 4) is 11.8 Å². The second-order valence-electron chi connectivity index (χ2n) is 6.81. The summed E-state index contributed by atoms with van der Waals surface area (Å²) in [7, 11) is 0. The van der Waals surface area contributed by atoms with E-state index in [1.54, 1.807) is 26.0 Å². The molecule has 0 saturated carbocycles. The molecule has 3 atom stereocenters. The average Bonchev–Trinajstić information content (AvgIpc) is 2.59. The van der Waals surface area contributed by atoms with Crippen molar-refractivity contribution in [2.24, 2.45) is 5.92 Å². The molecule has 0 aromatic heterocycles. The van der Waals surface area contributed by atoms with Crippen molar-refractivity contribution in [1.29, 1.82) is 5.26 Å². The summed E-state index contributed by atoms with van der Waals surface area (Å²) < 4.78 is 14.0. The van der Waals surface area contributed by atoms with E-state index in [2.05, 4.69) is 5.32 Å². The van der Waals surface area contributed by atoms with Crippen molar-refractivity contribution in [2.45, 2.75) is 45.1 Å². The number of phenolic OH excluding ortho intramolecular Hbond substituents is 1. The van der Waals surface area contributed by atoms with Gasteiger partial charge in [-0.1, -0.05) is 19.9 Å². The van der Waals surface area contributed by atoms with Gasteiger partial charge in [0.15, 0.2) is 0 Å². The number of hydrogen-bond acceptors (Lipinski definition) is 5. The van der Waals surface area contributed by atoms with Crippen molar-refractivity contribution < 1.29 is 19.4 Å². The minimum atomic E-state index is -1.15. The summed E-state index contributed by atoms with van der Waals surface area (Å²) in [5.41, 5.74) is 0.971. The highest BCUT2D eigenvalue weighted by Gasteiger charge is 2.33. The van der Waals surface area contributed by atoms with Crippen LogP contribution < -0.4 is 5.32 Å². The Morgan fingerprint density at radius 2 is 2.20 bits per heavy atom. The molecule has 0 bridgehead atoms. The Labute approximate surface area is 146 Å². The predicted octanol–water partition coefficient (Wildman–Crippen LogP) is 1.31. The summed E-state index contributed by atoms with van der Waals surface area (Å²) in [6.45, 7) is 4.20. The highest BCUT2D eigenvalue weighted by molar-refractivity contribution is 5.81. The van der Waals surface area contributed by atoms with Crippen LogP contribution in [-0.4, -0.2) is 52.4 Å². The van der Waals surface area contributed by atoms with E-state index in [-0.39, 0.29) is 36.2 Å². The number of nitriles is 1. The smallest absolute Gasteiger partial charge is 0.251 e. The van der Waals surface area contributed by atoms with Gasteiger partial charge >= 0.3 is 0 Å². The molecule has 1 aromatic rings. The fourth-order valence-electron chi connectivity index (χ4n) is 2.88. The number of carbonyl (C=O) groups is 1. The van der Waals surface area contributed by atoms with Crippen molar-refractivity contribution in [3.05, 3.63) is 29.3 Å². The molecule has 25 heavy (non-hydrogen) atoms. The molecule has 3 N–H and O–H groups in total. The molecule has 7 heteroatoms. The minimum Gasteiger partial charge on any atom is -0.507 e. The lowest BCUT2D eigenvalue weighted by Crippen LogP contribution is -2.54. The number of aromatic hydroxyl groups is 1. The van der Waals surface area contributed by atoms with E-state index in [9.17, 15) is 19.4 Å². The number of aliphatic hydroxyl groups is 1. The van der Waals surface area contributed by atoms with Gasteiger partial charge in [-0.05, 0) is 30.0 Å². The van der Waals surface area contributed by atoms with Crippen molar-refractivity contribution in [1.82, 2.24) is 10.2 Å². The lowest BCUT2D eigenvalue weighted by Gasteiger charge is -2.36. The van der Waals surface area contributed by atoms with Crippen LogP contribution in [0, 0.1) is 17.2 Å². The molecule has 136 valence electrons. The number of carbonyl (C=O) groups excluding carboxylic acids is 1. The molecule has 1 aliphatic rings. The molecule has 1 heterocycles. The normalized spacial score (nSPS) is 21.8. The summed E-state index contributed by atoms with van der Waals surface area (Å²) in [6.07, 6.45) is -1.99. The lowest BCUT2D eigenvalue weighted by atomic mass is 10.0. The third kappa shape index (κ3) is 4.91. The molecule has 6 nitrogen and oxygen atoms in total. The molecule has 0 radical (unpaired) electrons. The molecule has 2 rings (SSSR count). The summed E-state index contributed by atoms with van der Waals surface area (Å²) >= 11 is 0. The van der Waals surface area contributed by atoms with Crippen LogP contribution in [0.4, 0.5) is 4.39 Å². The monoisotopic (exact) mass is 349 g/mol. The van der Waals surface area contributed by atoms with Crippen LogP contribution in [0.2, 0.25) is 0 Å². The number of alkyl halides is 1. The van der Waals surface area contributed by atoms with Crippen LogP contribution in [0.5, 0.6) is 5.75 Å². The Bertz CT molecular complexity index is 659. The summed E-state index contributed by atoms with van der Waals surface area (Å²) in [5, 5.41) is 31.6. The maximum Gasteiger partial charge on any atom is 0.251 e. The molecular formula is C18H24FN3O3. The van der Waals surface area contributed by atoms with Crippen molar-refractivity contribution in [2.75, 3.05) is 13.1 Å². The van der Waals surface area contributed by atoms with Gasteiger partial charge < -0.3 is 20.4 Å². The number of halogens is 1. The van der Waals surface area contributed by atoms with Crippen LogP contribution in [0.25, 0.3) is 0 Å². The molecule has 1 aliphatic heterocycles. The van der Waals surface area contributed by atoms with Gasteiger partial charge in [0.1, 0.15) is 24.1 Å². The number of likely N-dealkylation sites (tertiary alicyclic amines) is 1. The van der Waals surface area contributed by atoms with Crippen LogP contribution >= 0.6 is 0 Å². The number of nitrogens with zero attached hydrogens (tertiary/aromatic N) is 2. The molecular weight excluding hydrogens is 325 g/mol. The zero-order valence-electron chi connectivity index (χ0n) is 14.4. The Kier molecular flexibility index (Phi) is 6.34. The molecule has 0 aliphatic carbocycles. The number of aliphatic hydroxyl groups excluding tert-OH is 1. The Balaban J connectivity index is 1.98. The topological polar surface area (TPSA) is 96.6 Å². The first-order valence-electron chi connectivity index (χ1n) is 8.38. The van der Waals surface area contributed by atoms with Gasteiger partial charge in [0.05, 0.1) is 12.1 Å². The molecule has 1 unspecified atom stereocenters. The molecule has 1 saturated heterocycles. The van der Waals surface area contributed by atoms with E-state index in [0.717, 1.165) is 5.56 Å². The number of rotatable bonds is 5. The molecule has 1 aromatic carbocycles. The van der Waals surface area contributed by atoms with Gasteiger partial charge in [0.25, 0.3) is 5.91 Å². The van der Waals surface area contributed by atoms with Crippen molar-refractivity contribution in [3.63, 3.8) is 0 Å². The van der Waals surface area contributed by atoms with Crippen LogP contribution in [0.3, 0.4) is 0 Å². The fraction of sp³-hybridized carbons (Fsp3) is 0.556. The van der Waals surface area contributed by atoms with Gasteiger partial charge in [-0.15, -0.1) is 0 Å². The van der Waals surface area contributed by atoms with Crippen molar-refractivity contribution >= 4 is 5.91 Å². The van der Waals surface area contributed by atoms with Gasteiger partial charge in [-0.3, -0.25) is 4.79 Å². The van der Waals surface area contributed by atoms with Crippen LogP contribution in [-0.2, 0) is 11.3 Å². The highest BCUT2D eigenvalue weighted by Crippen LogP contribution is 2.19. The number of phenols is 1. The fourth-order valence-corrected chi connectivity index (χ4v) is 2.88. The van der Waals surface area contributed by atoms with E-state index >= 15 is 0 Å². The first kappa shape index (κ1) is 19.2. The van der Waals surface area contributed by atoms with E-state index in [0.29, 0.717) is 13.1 Å². The number of hydrogen-bond donors (Lipinski definition) is 3. The molecule has 1 fully saturated rings. The third-order valence-corrected chi connectivity index (χ3v) is 4.37. The number of benzene rings is 1. The SMILES string of the molecule is CC(C)C(O)C(=O)N1C[C@H](F)C[C@@H](NCc2ccc(O)c(C#N)c2)C1. The van der Waals surface area contributed by atoms with E-state index in [4.69, 9.17) is 5.26 Å². The lowest BCUT2D eigenvalue weighted by molar-refractivity contribution is -0.145. The maximum atomic E-state index is 14.0. The van der Waals surface area contributed by atoms with Crippen LogP contribution in [0.15, 0.2) is 18.2 Å². The van der Waals surface area contributed by atoms with E-state index < -0.39 is 18.2 Å². The zero-order valence-corrected chi connectivity index (χ0v) is 14.4. The van der Waals surface area contributed by atoms with Gasteiger partial charge in [-0.2, -0.15) is 5.26 Å². The minimum absolute atomic E-state index is 0.00141. The van der Waals surface area contributed by atoms with E-state index in [1.165, 1.54) is 11.0 Å². The largest absolute Gasteiger partial charge is 0.507 e. The summed E-state index contributed by atoms with van der Waals surface area (Å²) in [6, 6.07) is 6.37. The number of amides is 1. The van der Waals surface area contributed by atoms with Gasteiger partial charge in [-0.25, -0.2) is 4.39 Å². The second-order valence-corrected chi connectivity index (χ2v) is 6.81. The van der Waals surface area contributed by atoms with Gasteiger partial charge in [0, 0.05) is 19.1 Å². The second kappa shape index (κ2) is 8.28. The Hall–Kier alpha value is -2.17. The predicted molar refractivity (Wildman–Crippen MR) is 90.4 cm³/mol. The zero-order chi connectivity index (χ0) is 18.6. The third-order valence-electron chi connectivity index (χ3n) is 4.37. The van der Waals surface area contributed by atoms with Gasteiger partial charge in [0.2, 0.25) is 0 Å². The molecule has 1 amide bonds. The summed E-state index contributed by atoms with van der Waals surface area (Å²) in [4.78, 5) is 13.6. The Morgan fingerprint density at radius 1 is 1.48 bits per heavy atom. The first-order chi connectivity index (χ1) is 11.8.